The highest BCUT2D eigenvalue weighted by atomic mass is 16.5. The summed E-state index contributed by atoms with van der Waals surface area (Å²) in [6, 6.07) is 8.24. The minimum atomic E-state index is -0.698. The van der Waals surface area contributed by atoms with Crippen LogP contribution in [0.2, 0.25) is 0 Å². The van der Waals surface area contributed by atoms with Crippen LogP contribution in [-0.4, -0.2) is 31.4 Å². The van der Waals surface area contributed by atoms with Crippen LogP contribution >= 0.6 is 0 Å². The Morgan fingerprint density at radius 1 is 1.22 bits per heavy atom. The molecule has 3 heteroatoms. The van der Waals surface area contributed by atoms with E-state index in [-0.39, 0.29) is 12.2 Å². The topological polar surface area (TPSA) is 32.7 Å². The zero-order valence-electron chi connectivity index (χ0n) is 11.1. The third kappa shape index (κ3) is 2.02. The molecular formula is C15H21NO2. The molecule has 3 rings (SSSR count). The summed E-state index contributed by atoms with van der Waals surface area (Å²) in [5.74, 6) is 0. The lowest BCUT2D eigenvalue weighted by atomic mass is 9.83. The SMILES string of the molecule is CN(C)c1cccc(C2(O)CC3CCC(C2)O3)c1. The number of hydrogen-bond acceptors (Lipinski definition) is 3. The lowest BCUT2D eigenvalue weighted by Gasteiger charge is -2.37. The van der Waals surface area contributed by atoms with Crippen LogP contribution in [0, 0.1) is 0 Å². The number of ether oxygens (including phenoxy) is 1. The van der Waals surface area contributed by atoms with Crippen molar-refractivity contribution in [2.24, 2.45) is 0 Å². The van der Waals surface area contributed by atoms with E-state index >= 15 is 0 Å². The number of aliphatic hydroxyl groups is 1. The van der Waals surface area contributed by atoms with Crippen molar-refractivity contribution in [2.75, 3.05) is 19.0 Å². The lowest BCUT2D eigenvalue weighted by molar-refractivity contribution is -0.115. The Bertz CT molecular complexity index is 432. The molecule has 2 aliphatic rings. The van der Waals surface area contributed by atoms with Crippen LogP contribution < -0.4 is 4.90 Å². The summed E-state index contributed by atoms with van der Waals surface area (Å²) < 4.78 is 5.82. The maximum Gasteiger partial charge on any atom is 0.0946 e. The Balaban J connectivity index is 1.91. The zero-order valence-corrected chi connectivity index (χ0v) is 11.1. The van der Waals surface area contributed by atoms with Gasteiger partial charge in [-0.05, 0) is 30.5 Å². The summed E-state index contributed by atoms with van der Waals surface area (Å²) in [7, 11) is 4.05. The first-order valence-corrected chi connectivity index (χ1v) is 6.72. The number of benzene rings is 1. The molecule has 0 amide bonds. The van der Waals surface area contributed by atoms with Crippen molar-refractivity contribution >= 4 is 5.69 Å². The monoisotopic (exact) mass is 247 g/mol. The van der Waals surface area contributed by atoms with Crippen LogP contribution in [-0.2, 0) is 10.3 Å². The molecule has 18 heavy (non-hydrogen) atoms. The van der Waals surface area contributed by atoms with Crippen LogP contribution in [0.4, 0.5) is 5.69 Å². The average Bonchev–Trinajstić information content (AvgIpc) is 2.69. The summed E-state index contributed by atoms with van der Waals surface area (Å²) >= 11 is 0. The quantitative estimate of drug-likeness (QED) is 0.870. The molecule has 1 aromatic rings. The van der Waals surface area contributed by atoms with Crippen molar-refractivity contribution in [3.63, 3.8) is 0 Å². The Hall–Kier alpha value is -1.06. The molecule has 0 spiro atoms. The molecule has 0 aliphatic carbocycles. The second-order valence-corrected chi connectivity index (χ2v) is 5.84. The van der Waals surface area contributed by atoms with Gasteiger partial charge in [0.2, 0.25) is 0 Å². The van der Waals surface area contributed by atoms with Crippen LogP contribution in [0.3, 0.4) is 0 Å². The molecule has 3 nitrogen and oxygen atoms in total. The van der Waals surface area contributed by atoms with E-state index in [1.807, 2.05) is 26.2 Å². The molecule has 0 aromatic heterocycles. The molecule has 2 heterocycles. The van der Waals surface area contributed by atoms with Gasteiger partial charge in [-0.3, -0.25) is 0 Å². The molecule has 1 aromatic carbocycles. The first-order chi connectivity index (χ1) is 8.57. The second kappa shape index (κ2) is 4.25. The molecular weight excluding hydrogens is 226 g/mol. The van der Waals surface area contributed by atoms with Crippen LogP contribution in [0.1, 0.15) is 31.2 Å². The fraction of sp³-hybridized carbons (Fsp3) is 0.600. The van der Waals surface area contributed by atoms with Crippen molar-refractivity contribution in [3.05, 3.63) is 29.8 Å². The Morgan fingerprint density at radius 2 is 1.89 bits per heavy atom. The van der Waals surface area contributed by atoms with Crippen molar-refractivity contribution in [1.29, 1.82) is 0 Å². The molecule has 98 valence electrons. The van der Waals surface area contributed by atoms with Crippen molar-refractivity contribution in [3.8, 4) is 0 Å². The molecule has 2 bridgehead atoms. The van der Waals surface area contributed by atoms with E-state index in [0.717, 1.165) is 36.9 Å². The number of anilines is 1. The minimum absolute atomic E-state index is 0.247. The smallest absolute Gasteiger partial charge is 0.0946 e. The average molecular weight is 247 g/mol. The third-order valence-corrected chi connectivity index (χ3v) is 4.23. The van der Waals surface area contributed by atoms with E-state index in [1.54, 1.807) is 0 Å². The van der Waals surface area contributed by atoms with Gasteiger partial charge >= 0.3 is 0 Å². The summed E-state index contributed by atoms with van der Waals surface area (Å²) in [5, 5.41) is 10.9. The number of hydrogen-bond donors (Lipinski definition) is 1. The molecule has 2 saturated heterocycles. The second-order valence-electron chi connectivity index (χ2n) is 5.84. The summed E-state index contributed by atoms with van der Waals surface area (Å²) in [6.07, 6.45) is 4.16. The maximum atomic E-state index is 10.9. The Kier molecular flexibility index (Phi) is 2.83. The van der Waals surface area contributed by atoms with Crippen LogP contribution in [0.15, 0.2) is 24.3 Å². The third-order valence-electron chi connectivity index (χ3n) is 4.23. The van der Waals surface area contributed by atoms with E-state index in [1.165, 1.54) is 0 Å². The predicted octanol–water partition coefficient (Wildman–Crippen LogP) is 2.28. The van der Waals surface area contributed by atoms with Gasteiger partial charge in [-0.2, -0.15) is 0 Å². The van der Waals surface area contributed by atoms with E-state index in [4.69, 9.17) is 4.74 Å². The van der Waals surface area contributed by atoms with Crippen molar-refractivity contribution in [1.82, 2.24) is 0 Å². The summed E-state index contributed by atoms with van der Waals surface area (Å²) in [6.45, 7) is 0. The molecule has 2 unspecified atom stereocenters. The van der Waals surface area contributed by atoms with E-state index in [2.05, 4.69) is 17.0 Å². The standard InChI is InChI=1S/C15H21NO2/c1-16(2)12-5-3-4-11(8-12)15(17)9-13-6-7-14(10-15)18-13/h3-5,8,13-14,17H,6-7,9-10H2,1-2H3. The van der Waals surface area contributed by atoms with Gasteiger partial charge in [0.25, 0.3) is 0 Å². The number of fused-ring (bicyclic) bond motifs is 2. The van der Waals surface area contributed by atoms with Crippen molar-refractivity contribution < 1.29 is 9.84 Å². The van der Waals surface area contributed by atoms with Crippen LogP contribution in [0.5, 0.6) is 0 Å². The van der Waals surface area contributed by atoms with Gasteiger partial charge in [0.05, 0.1) is 17.8 Å². The highest BCUT2D eigenvalue weighted by Gasteiger charge is 2.44. The highest BCUT2D eigenvalue weighted by Crippen LogP contribution is 2.44. The molecule has 0 saturated carbocycles. The zero-order chi connectivity index (χ0) is 12.8. The Labute approximate surface area is 108 Å². The summed E-state index contributed by atoms with van der Waals surface area (Å²) in [5.41, 5.74) is 1.48. The molecule has 2 atom stereocenters. The molecule has 2 aliphatic heterocycles. The predicted molar refractivity (Wildman–Crippen MR) is 71.8 cm³/mol. The maximum absolute atomic E-state index is 10.9. The summed E-state index contributed by atoms with van der Waals surface area (Å²) in [4.78, 5) is 2.07. The van der Waals surface area contributed by atoms with E-state index < -0.39 is 5.60 Å². The Morgan fingerprint density at radius 3 is 2.50 bits per heavy atom. The molecule has 1 N–H and O–H groups in total. The van der Waals surface area contributed by atoms with Crippen LogP contribution in [0.25, 0.3) is 0 Å². The van der Waals surface area contributed by atoms with Gasteiger partial charge in [0, 0.05) is 32.6 Å². The number of rotatable bonds is 2. The van der Waals surface area contributed by atoms with Gasteiger partial charge in [-0.1, -0.05) is 12.1 Å². The van der Waals surface area contributed by atoms with Crippen molar-refractivity contribution in [2.45, 2.75) is 43.5 Å². The first kappa shape index (κ1) is 12.0. The highest BCUT2D eigenvalue weighted by molar-refractivity contribution is 5.48. The fourth-order valence-corrected chi connectivity index (χ4v) is 3.23. The van der Waals surface area contributed by atoms with E-state index in [0.29, 0.717) is 0 Å². The van der Waals surface area contributed by atoms with E-state index in [9.17, 15) is 5.11 Å². The largest absolute Gasteiger partial charge is 0.385 e. The van der Waals surface area contributed by atoms with Gasteiger partial charge in [0.1, 0.15) is 0 Å². The first-order valence-electron chi connectivity index (χ1n) is 6.72. The van der Waals surface area contributed by atoms with Gasteiger partial charge in [-0.25, -0.2) is 0 Å². The molecule has 2 fully saturated rings. The van der Waals surface area contributed by atoms with Gasteiger partial charge in [-0.15, -0.1) is 0 Å². The van der Waals surface area contributed by atoms with Gasteiger partial charge in [0.15, 0.2) is 0 Å². The fourth-order valence-electron chi connectivity index (χ4n) is 3.23. The van der Waals surface area contributed by atoms with Gasteiger partial charge < -0.3 is 14.7 Å². The lowest BCUT2D eigenvalue weighted by Crippen LogP contribution is -2.38. The normalized spacial score (nSPS) is 34.6. The molecule has 0 radical (unpaired) electrons. The minimum Gasteiger partial charge on any atom is -0.385 e. The number of nitrogens with zero attached hydrogens (tertiary/aromatic N) is 1.